The van der Waals surface area contributed by atoms with Gasteiger partial charge in [-0.1, -0.05) is 0 Å². The number of carbonyl (C=O) groups excluding carboxylic acids is 1. The number of hydrogen-bond donors (Lipinski definition) is 1. The highest BCUT2D eigenvalue weighted by atomic mass is 32.2. The van der Waals surface area contributed by atoms with E-state index < -0.39 is 22.5 Å². The molecule has 0 saturated carbocycles. The van der Waals surface area contributed by atoms with Gasteiger partial charge in [-0.25, -0.2) is 13.4 Å². The maximum atomic E-state index is 12.5. The molecule has 9 nitrogen and oxygen atoms in total. The van der Waals surface area contributed by atoms with E-state index in [4.69, 9.17) is 4.74 Å². The Bertz CT molecular complexity index is 1060. The van der Waals surface area contributed by atoms with Crippen LogP contribution in [0.3, 0.4) is 0 Å². The minimum absolute atomic E-state index is 0.00880. The minimum atomic E-state index is -3.83. The summed E-state index contributed by atoms with van der Waals surface area (Å²) in [4.78, 5) is 24.3. The number of carbonyl (C=O) groups is 1. The number of anilines is 1. The molecule has 0 fully saturated rings. The van der Waals surface area contributed by atoms with Gasteiger partial charge in [0.05, 0.1) is 6.54 Å². The summed E-state index contributed by atoms with van der Waals surface area (Å²) in [6.07, 6.45) is 7.52. The number of hydrogen-bond acceptors (Lipinski definition) is 7. The highest BCUT2D eigenvalue weighted by Gasteiger charge is 2.23. The third kappa shape index (κ3) is 5.33. The number of aromatic nitrogens is 3. The summed E-state index contributed by atoms with van der Waals surface area (Å²) < 4.78 is 31.7. The minimum Gasteiger partial charge on any atom is -0.485 e. The maximum Gasteiger partial charge on any atom is 0.244 e. The number of rotatable bonds is 8. The van der Waals surface area contributed by atoms with Crippen LogP contribution in [0.5, 0.6) is 5.75 Å². The van der Waals surface area contributed by atoms with E-state index in [-0.39, 0.29) is 17.3 Å². The molecule has 0 spiro atoms. The molecule has 3 aromatic rings. The van der Waals surface area contributed by atoms with Gasteiger partial charge in [0.25, 0.3) is 0 Å². The first-order valence-corrected chi connectivity index (χ1v) is 10.0. The molecule has 3 heterocycles. The van der Waals surface area contributed by atoms with Gasteiger partial charge in [-0.15, -0.1) is 0 Å². The standard InChI is InChI=1S/C19H19N5O4S/c1-24(29(26,27)16-4-2-8-21-12-16)13-18(25)23-19-17(5-3-9-22-19)28-14-15-6-10-20-11-7-15/h2-12H,13-14H2,1H3,(H,22,23,25). The summed E-state index contributed by atoms with van der Waals surface area (Å²) >= 11 is 0. The molecule has 0 atom stereocenters. The van der Waals surface area contributed by atoms with Crippen LogP contribution in [0.25, 0.3) is 0 Å². The molecule has 3 rings (SSSR count). The van der Waals surface area contributed by atoms with Gasteiger partial charge < -0.3 is 10.1 Å². The van der Waals surface area contributed by atoms with E-state index in [1.54, 1.807) is 24.5 Å². The fraction of sp³-hybridized carbons (Fsp3) is 0.158. The SMILES string of the molecule is CN(CC(=O)Nc1ncccc1OCc1ccncc1)S(=O)(=O)c1cccnc1. The second-order valence-corrected chi connectivity index (χ2v) is 8.04. The first-order chi connectivity index (χ1) is 14.0. The van der Waals surface area contributed by atoms with Gasteiger partial charge in [0, 0.05) is 38.0 Å². The Hall–Kier alpha value is -3.37. The van der Waals surface area contributed by atoms with Crippen molar-refractivity contribution >= 4 is 21.7 Å². The highest BCUT2D eigenvalue weighted by Crippen LogP contribution is 2.22. The monoisotopic (exact) mass is 413 g/mol. The van der Waals surface area contributed by atoms with Crippen molar-refractivity contribution in [2.75, 3.05) is 18.9 Å². The summed E-state index contributed by atoms with van der Waals surface area (Å²) in [5.41, 5.74) is 0.906. The number of amides is 1. The quantitative estimate of drug-likeness (QED) is 0.598. The number of sulfonamides is 1. The van der Waals surface area contributed by atoms with Crippen molar-refractivity contribution in [3.8, 4) is 5.75 Å². The van der Waals surface area contributed by atoms with Crippen LogP contribution in [0.4, 0.5) is 5.82 Å². The zero-order valence-corrected chi connectivity index (χ0v) is 16.4. The molecule has 0 aliphatic rings. The Morgan fingerprint density at radius 1 is 1.07 bits per heavy atom. The lowest BCUT2D eigenvalue weighted by molar-refractivity contribution is -0.116. The number of likely N-dealkylation sites (N-methyl/N-ethyl adjacent to an activating group) is 1. The number of ether oxygens (including phenoxy) is 1. The average molecular weight is 413 g/mol. The average Bonchev–Trinajstić information content (AvgIpc) is 2.74. The first-order valence-electron chi connectivity index (χ1n) is 8.60. The van der Waals surface area contributed by atoms with E-state index in [1.165, 1.54) is 37.8 Å². The molecule has 0 aliphatic heterocycles. The molecule has 3 aromatic heterocycles. The van der Waals surface area contributed by atoms with Gasteiger partial charge in [-0.05, 0) is 42.0 Å². The van der Waals surface area contributed by atoms with E-state index in [0.29, 0.717) is 5.75 Å². The molecule has 0 bridgehead atoms. The van der Waals surface area contributed by atoms with Crippen molar-refractivity contribution < 1.29 is 17.9 Å². The third-order valence-electron chi connectivity index (χ3n) is 3.88. The second kappa shape index (κ2) is 9.22. The van der Waals surface area contributed by atoms with E-state index in [1.807, 2.05) is 12.1 Å². The van der Waals surface area contributed by atoms with Crippen LogP contribution in [0.2, 0.25) is 0 Å². The normalized spacial score (nSPS) is 11.2. The Morgan fingerprint density at radius 2 is 1.83 bits per heavy atom. The molecule has 0 saturated heterocycles. The van der Waals surface area contributed by atoms with Gasteiger partial charge >= 0.3 is 0 Å². The molecule has 150 valence electrons. The van der Waals surface area contributed by atoms with E-state index in [0.717, 1.165) is 9.87 Å². The molecule has 0 radical (unpaired) electrons. The molecular formula is C19H19N5O4S. The first kappa shape index (κ1) is 20.4. The van der Waals surface area contributed by atoms with Gasteiger partial charge in [0.2, 0.25) is 15.9 Å². The predicted molar refractivity (Wildman–Crippen MR) is 105 cm³/mol. The summed E-state index contributed by atoms with van der Waals surface area (Å²) in [6.45, 7) is -0.121. The lowest BCUT2D eigenvalue weighted by Gasteiger charge is -2.17. The van der Waals surface area contributed by atoms with Crippen LogP contribution in [0.15, 0.2) is 72.3 Å². The fourth-order valence-corrected chi connectivity index (χ4v) is 3.47. The Morgan fingerprint density at radius 3 is 2.55 bits per heavy atom. The van der Waals surface area contributed by atoms with Gasteiger partial charge in [0.15, 0.2) is 11.6 Å². The van der Waals surface area contributed by atoms with E-state index in [9.17, 15) is 13.2 Å². The number of nitrogens with zero attached hydrogens (tertiary/aromatic N) is 4. The summed E-state index contributed by atoms with van der Waals surface area (Å²) in [7, 11) is -2.51. The topological polar surface area (TPSA) is 114 Å². The van der Waals surface area contributed by atoms with Crippen molar-refractivity contribution in [1.29, 1.82) is 0 Å². The number of pyridine rings is 3. The molecular weight excluding hydrogens is 394 g/mol. The van der Waals surface area contributed by atoms with E-state index in [2.05, 4.69) is 20.3 Å². The summed E-state index contributed by atoms with van der Waals surface area (Å²) in [6, 6.07) is 9.90. The van der Waals surface area contributed by atoms with Crippen molar-refractivity contribution in [3.05, 3.63) is 72.9 Å². The highest BCUT2D eigenvalue weighted by molar-refractivity contribution is 7.89. The Kier molecular flexibility index (Phi) is 6.47. The smallest absolute Gasteiger partial charge is 0.244 e. The van der Waals surface area contributed by atoms with Crippen LogP contribution in [-0.4, -0.2) is 47.2 Å². The van der Waals surface area contributed by atoms with Crippen LogP contribution >= 0.6 is 0 Å². The molecule has 1 amide bonds. The lowest BCUT2D eigenvalue weighted by atomic mass is 10.3. The molecule has 0 unspecified atom stereocenters. The molecule has 0 aromatic carbocycles. The van der Waals surface area contributed by atoms with Crippen molar-refractivity contribution in [2.24, 2.45) is 0 Å². The molecule has 1 N–H and O–H groups in total. The van der Waals surface area contributed by atoms with Gasteiger partial charge in [-0.3, -0.25) is 14.8 Å². The van der Waals surface area contributed by atoms with Crippen LogP contribution in [-0.2, 0) is 21.4 Å². The van der Waals surface area contributed by atoms with Crippen LogP contribution < -0.4 is 10.1 Å². The predicted octanol–water partition coefficient (Wildman–Crippen LogP) is 1.71. The molecule has 10 heteroatoms. The van der Waals surface area contributed by atoms with Crippen LogP contribution in [0.1, 0.15) is 5.56 Å². The van der Waals surface area contributed by atoms with Crippen molar-refractivity contribution in [1.82, 2.24) is 19.3 Å². The third-order valence-corrected chi connectivity index (χ3v) is 5.67. The van der Waals surface area contributed by atoms with E-state index >= 15 is 0 Å². The maximum absolute atomic E-state index is 12.5. The largest absolute Gasteiger partial charge is 0.485 e. The lowest BCUT2D eigenvalue weighted by Crippen LogP contribution is -2.35. The van der Waals surface area contributed by atoms with Crippen LogP contribution in [0, 0.1) is 0 Å². The summed E-state index contributed by atoms with van der Waals surface area (Å²) in [5.74, 6) is 0.0293. The second-order valence-electron chi connectivity index (χ2n) is 5.99. The zero-order valence-electron chi connectivity index (χ0n) is 15.6. The molecule has 29 heavy (non-hydrogen) atoms. The fourth-order valence-electron chi connectivity index (χ4n) is 2.38. The number of nitrogens with one attached hydrogen (secondary N) is 1. The molecule has 0 aliphatic carbocycles. The Labute approximate surface area is 168 Å². The zero-order chi connectivity index (χ0) is 20.7. The van der Waals surface area contributed by atoms with Gasteiger partial charge in [0.1, 0.15) is 11.5 Å². The summed E-state index contributed by atoms with van der Waals surface area (Å²) in [5, 5.41) is 2.59. The Balaban J connectivity index is 1.65. The van der Waals surface area contributed by atoms with Gasteiger partial charge in [-0.2, -0.15) is 4.31 Å². The van der Waals surface area contributed by atoms with Crippen molar-refractivity contribution in [3.63, 3.8) is 0 Å². The van der Waals surface area contributed by atoms with Crippen molar-refractivity contribution in [2.45, 2.75) is 11.5 Å².